The van der Waals surface area contributed by atoms with Gasteiger partial charge in [-0.25, -0.2) is 9.78 Å². The Morgan fingerprint density at radius 3 is 2.71 bits per heavy atom. The highest BCUT2D eigenvalue weighted by molar-refractivity contribution is 5.74. The predicted octanol–water partition coefficient (Wildman–Crippen LogP) is 2.41. The maximum atomic E-state index is 12.7. The Bertz CT molecular complexity index is 845. The largest absolute Gasteiger partial charge is 0.354 e. The number of nitrogens with one attached hydrogen (secondary N) is 1. The van der Waals surface area contributed by atoms with Crippen molar-refractivity contribution in [2.75, 3.05) is 44.7 Å². The van der Waals surface area contributed by atoms with Gasteiger partial charge in [0.05, 0.1) is 0 Å². The third-order valence-electron chi connectivity index (χ3n) is 5.74. The lowest BCUT2D eigenvalue weighted by Gasteiger charge is -2.33. The molecular formula is C22H29N5O. The van der Waals surface area contributed by atoms with Gasteiger partial charge in [0.2, 0.25) is 0 Å². The lowest BCUT2D eigenvalue weighted by molar-refractivity contribution is 0.192. The van der Waals surface area contributed by atoms with Crippen LogP contribution in [0.15, 0.2) is 36.5 Å². The lowest BCUT2D eigenvalue weighted by atomic mass is 9.98. The molecule has 0 saturated carbocycles. The number of nitrogens with zero attached hydrogens (tertiary/aromatic N) is 4. The molecule has 1 N–H and O–H groups in total. The van der Waals surface area contributed by atoms with E-state index >= 15 is 0 Å². The molecular weight excluding hydrogens is 350 g/mol. The molecule has 6 heteroatoms. The fourth-order valence-electron chi connectivity index (χ4n) is 3.92. The summed E-state index contributed by atoms with van der Waals surface area (Å²) in [5.41, 5.74) is 5.00. The summed E-state index contributed by atoms with van der Waals surface area (Å²) in [5, 5.41) is 3.08. The Morgan fingerprint density at radius 2 is 1.89 bits per heavy atom. The molecule has 1 fully saturated rings. The highest BCUT2D eigenvalue weighted by Crippen LogP contribution is 2.20. The molecule has 0 unspecified atom stereocenters. The Morgan fingerprint density at radius 1 is 1.07 bits per heavy atom. The normalized spacial score (nSPS) is 17.4. The predicted molar refractivity (Wildman–Crippen MR) is 111 cm³/mol. The van der Waals surface area contributed by atoms with Gasteiger partial charge in [-0.05, 0) is 49.2 Å². The van der Waals surface area contributed by atoms with Crippen LogP contribution >= 0.6 is 0 Å². The van der Waals surface area contributed by atoms with Crippen LogP contribution in [0.4, 0.5) is 10.6 Å². The second-order valence-electron chi connectivity index (χ2n) is 7.92. The SMILES string of the molecule is Cc1ccc2c(c1)CCN(C(=O)NCc1ccnc(N3CCN(C)CC3)c1)C2. The van der Waals surface area contributed by atoms with E-state index in [1.807, 2.05) is 17.2 Å². The van der Waals surface area contributed by atoms with Gasteiger partial charge in [0.15, 0.2) is 0 Å². The van der Waals surface area contributed by atoms with E-state index < -0.39 is 0 Å². The third-order valence-corrected chi connectivity index (χ3v) is 5.74. The molecule has 0 spiro atoms. The average Bonchev–Trinajstić information content (AvgIpc) is 2.72. The first-order valence-corrected chi connectivity index (χ1v) is 10.1. The number of fused-ring (bicyclic) bond motifs is 1. The number of piperazine rings is 1. The molecule has 3 heterocycles. The minimum absolute atomic E-state index is 0.00387. The summed E-state index contributed by atoms with van der Waals surface area (Å²) in [7, 11) is 2.15. The number of carbonyl (C=O) groups is 1. The maximum absolute atomic E-state index is 12.7. The molecule has 0 aliphatic carbocycles. The summed E-state index contributed by atoms with van der Waals surface area (Å²) in [5.74, 6) is 1.00. The number of urea groups is 1. The van der Waals surface area contributed by atoms with Crippen LogP contribution < -0.4 is 10.2 Å². The number of aromatic nitrogens is 1. The fraction of sp³-hybridized carbons (Fsp3) is 0.455. The fourth-order valence-corrected chi connectivity index (χ4v) is 3.92. The van der Waals surface area contributed by atoms with Crippen LogP contribution in [0.3, 0.4) is 0 Å². The minimum Gasteiger partial charge on any atom is -0.354 e. The first kappa shape index (κ1) is 18.7. The smallest absolute Gasteiger partial charge is 0.317 e. The first-order chi connectivity index (χ1) is 13.6. The van der Waals surface area contributed by atoms with Gasteiger partial charge < -0.3 is 20.0 Å². The summed E-state index contributed by atoms with van der Waals surface area (Å²) < 4.78 is 0. The van der Waals surface area contributed by atoms with Gasteiger partial charge in [-0.2, -0.15) is 0 Å². The van der Waals surface area contributed by atoms with Crippen molar-refractivity contribution in [1.29, 1.82) is 0 Å². The Labute approximate surface area is 167 Å². The molecule has 4 rings (SSSR count). The Balaban J connectivity index is 1.34. The molecule has 28 heavy (non-hydrogen) atoms. The standard InChI is InChI=1S/C22H29N5O/c1-17-3-4-20-16-27(8-6-19(20)13-17)22(28)24-15-18-5-7-23-21(14-18)26-11-9-25(2)10-12-26/h3-5,7,13-14H,6,8-12,15-16H2,1-2H3,(H,24,28). The van der Waals surface area contributed by atoms with Gasteiger partial charge in [-0.15, -0.1) is 0 Å². The monoisotopic (exact) mass is 379 g/mol. The van der Waals surface area contributed by atoms with Crippen LogP contribution in [0, 0.1) is 6.92 Å². The lowest BCUT2D eigenvalue weighted by Crippen LogP contribution is -2.45. The van der Waals surface area contributed by atoms with Crippen molar-refractivity contribution in [3.63, 3.8) is 0 Å². The van der Waals surface area contributed by atoms with E-state index in [1.54, 1.807) is 0 Å². The van der Waals surface area contributed by atoms with Crippen molar-refractivity contribution >= 4 is 11.8 Å². The summed E-state index contributed by atoms with van der Waals surface area (Å²) in [6, 6.07) is 10.6. The van der Waals surface area contributed by atoms with E-state index in [4.69, 9.17) is 0 Å². The minimum atomic E-state index is 0.00387. The molecule has 1 aromatic heterocycles. The highest BCUT2D eigenvalue weighted by atomic mass is 16.2. The summed E-state index contributed by atoms with van der Waals surface area (Å²) in [4.78, 5) is 23.7. The number of amides is 2. The molecule has 148 valence electrons. The zero-order chi connectivity index (χ0) is 19.5. The Kier molecular flexibility index (Phi) is 5.48. The van der Waals surface area contributed by atoms with E-state index in [9.17, 15) is 4.79 Å². The number of rotatable bonds is 3. The van der Waals surface area contributed by atoms with Crippen LogP contribution in [0.5, 0.6) is 0 Å². The van der Waals surface area contributed by atoms with E-state index in [0.29, 0.717) is 13.1 Å². The van der Waals surface area contributed by atoms with Gasteiger partial charge in [0, 0.05) is 52.0 Å². The number of hydrogen-bond acceptors (Lipinski definition) is 4. The van der Waals surface area contributed by atoms with E-state index in [1.165, 1.54) is 16.7 Å². The van der Waals surface area contributed by atoms with Gasteiger partial charge in [-0.1, -0.05) is 23.8 Å². The first-order valence-electron chi connectivity index (χ1n) is 10.1. The van der Waals surface area contributed by atoms with E-state index in [-0.39, 0.29) is 6.03 Å². The summed E-state index contributed by atoms with van der Waals surface area (Å²) >= 11 is 0. The molecule has 2 aliphatic heterocycles. The van der Waals surface area contributed by atoms with Gasteiger partial charge >= 0.3 is 6.03 Å². The quantitative estimate of drug-likeness (QED) is 0.890. The van der Waals surface area contributed by atoms with Crippen LogP contribution in [-0.4, -0.2) is 60.6 Å². The molecule has 2 amide bonds. The summed E-state index contributed by atoms with van der Waals surface area (Å²) in [6.07, 6.45) is 2.77. The Hall–Kier alpha value is -2.60. The van der Waals surface area contributed by atoms with Gasteiger partial charge in [0.1, 0.15) is 5.82 Å². The van der Waals surface area contributed by atoms with E-state index in [2.05, 4.69) is 58.3 Å². The number of anilines is 1. The summed E-state index contributed by atoms with van der Waals surface area (Å²) in [6.45, 7) is 8.19. The molecule has 1 aromatic carbocycles. The van der Waals surface area contributed by atoms with Crippen LogP contribution in [0.1, 0.15) is 22.3 Å². The second kappa shape index (κ2) is 8.19. The van der Waals surface area contributed by atoms with Crippen molar-refractivity contribution in [2.45, 2.75) is 26.4 Å². The van der Waals surface area contributed by atoms with Crippen molar-refractivity contribution in [2.24, 2.45) is 0 Å². The van der Waals surface area contributed by atoms with Crippen molar-refractivity contribution in [3.05, 3.63) is 58.8 Å². The van der Waals surface area contributed by atoms with Gasteiger partial charge in [0.25, 0.3) is 0 Å². The molecule has 0 bridgehead atoms. The van der Waals surface area contributed by atoms with Crippen LogP contribution in [0.2, 0.25) is 0 Å². The number of benzene rings is 1. The molecule has 1 saturated heterocycles. The zero-order valence-electron chi connectivity index (χ0n) is 16.8. The number of likely N-dealkylation sites (N-methyl/N-ethyl adjacent to an activating group) is 1. The zero-order valence-corrected chi connectivity index (χ0v) is 16.8. The molecule has 6 nitrogen and oxygen atoms in total. The molecule has 0 atom stereocenters. The number of pyridine rings is 1. The van der Waals surface area contributed by atoms with Crippen molar-refractivity contribution < 1.29 is 4.79 Å². The third kappa shape index (κ3) is 4.28. The van der Waals surface area contributed by atoms with Crippen LogP contribution in [-0.2, 0) is 19.5 Å². The maximum Gasteiger partial charge on any atom is 0.317 e. The number of hydrogen-bond donors (Lipinski definition) is 1. The molecule has 0 radical (unpaired) electrons. The number of carbonyl (C=O) groups excluding carboxylic acids is 1. The second-order valence-corrected chi connectivity index (χ2v) is 7.92. The van der Waals surface area contributed by atoms with Gasteiger partial charge in [-0.3, -0.25) is 0 Å². The van der Waals surface area contributed by atoms with Crippen molar-refractivity contribution in [3.8, 4) is 0 Å². The highest BCUT2D eigenvalue weighted by Gasteiger charge is 2.21. The average molecular weight is 380 g/mol. The molecule has 2 aliphatic rings. The van der Waals surface area contributed by atoms with Crippen molar-refractivity contribution in [1.82, 2.24) is 20.1 Å². The van der Waals surface area contributed by atoms with Crippen LogP contribution in [0.25, 0.3) is 0 Å². The van der Waals surface area contributed by atoms with E-state index in [0.717, 1.165) is 50.5 Å². The number of aryl methyl sites for hydroxylation is 1. The molecule has 2 aromatic rings. The topological polar surface area (TPSA) is 51.7 Å².